The van der Waals surface area contributed by atoms with Crippen LogP contribution in [0.2, 0.25) is 0 Å². The van der Waals surface area contributed by atoms with Crippen molar-refractivity contribution in [3.8, 4) is 5.75 Å². The molecule has 1 aromatic heterocycles. The average Bonchev–Trinajstić information content (AvgIpc) is 3.25. The maximum absolute atomic E-state index is 12.9. The summed E-state index contributed by atoms with van der Waals surface area (Å²) in [6.45, 7) is 2.99. The van der Waals surface area contributed by atoms with E-state index in [0.717, 1.165) is 23.4 Å². The number of anilines is 1. The first kappa shape index (κ1) is 20.5. The first-order valence-corrected chi connectivity index (χ1v) is 9.83. The van der Waals surface area contributed by atoms with Crippen molar-refractivity contribution < 1.29 is 13.9 Å². The molecule has 152 valence electrons. The lowest BCUT2D eigenvalue weighted by molar-refractivity contribution is -0.134. The highest BCUT2D eigenvalue weighted by molar-refractivity contribution is 5.77. The van der Waals surface area contributed by atoms with E-state index in [9.17, 15) is 4.79 Å². The van der Waals surface area contributed by atoms with E-state index in [1.807, 2.05) is 67.5 Å². The van der Waals surface area contributed by atoms with Gasteiger partial charge < -0.3 is 19.0 Å². The Morgan fingerprint density at radius 1 is 0.931 bits per heavy atom. The van der Waals surface area contributed by atoms with Gasteiger partial charge in [-0.2, -0.15) is 0 Å². The maximum Gasteiger partial charge on any atom is 0.261 e. The summed E-state index contributed by atoms with van der Waals surface area (Å²) in [5.41, 5.74) is 3.42. The van der Waals surface area contributed by atoms with Crippen LogP contribution >= 0.6 is 0 Å². The first-order valence-electron chi connectivity index (χ1n) is 9.83. The van der Waals surface area contributed by atoms with Crippen LogP contribution in [0.3, 0.4) is 0 Å². The zero-order valence-electron chi connectivity index (χ0n) is 17.3. The number of nitrogens with zero attached hydrogens (tertiary/aromatic N) is 2. The minimum Gasteiger partial charge on any atom is -0.484 e. The second-order valence-electron chi connectivity index (χ2n) is 7.18. The van der Waals surface area contributed by atoms with E-state index in [2.05, 4.69) is 19.1 Å². The molecule has 3 rings (SSSR count). The Hall–Kier alpha value is -3.21. The van der Waals surface area contributed by atoms with Gasteiger partial charge in [0.05, 0.1) is 12.8 Å². The molecule has 0 aliphatic rings. The van der Waals surface area contributed by atoms with Crippen LogP contribution in [-0.2, 0) is 24.3 Å². The predicted molar refractivity (Wildman–Crippen MR) is 115 cm³/mol. The Balaban J connectivity index is 1.67. The number of furan rings is 1. The fraction of sp³-hybridized carbons (Fsp3) is 0.292. The summed E-state index contributed by atoms with van der Waals surface area (Å²) in [4.78, 5) is 16.7. The average molecular weight is 392 g/mol. The van der Waals surface area contributed by atoms with Crippen LogP contribution in [0.5, 0.6) is 5.75 Å². The van der Waals surface area contributed by atoms with Crippen molar-refractivity contribution >= 4 is 11.6 Å². The van der Waals surface area contributed by atoms with Gasteiger partial charge in [0.25, 0.3) is 5.91 Å². The van der Waals surface area contributed by atoms with Crippen molar-refractivity contribution in [3.63, 3.8) is 0 Å². The summed E-state index contributed by atoms with van der Waals surface area (Å²) in [5.74, 6) is 1.36. The molecule has 2 aromatic carbocycles. The summed E-state index contributed by atoms with van der Waals surface area (Å²) in [6.07, 6.45) is 2.60. The van der Waals surface area contributed by atoms with Crippen molar-refractivity contribution in [2.24, 2.45) is 0 Å². The van der Waals surface area contributed by atoms with E-state index in [0.29, 0.717) is 18.8 Å². The summed E-state index contributed by atoms with van der Waals surface area (Å²) in [5, 5.41) is 0. The number of carbonyl (C=O) groups excluding carboxylic acids is 1. The van der Waals surface area contributed by atoms with Gasteiger partial charge in [0.15, 0.2) is 6.61 Å². The largest absolute Gasteiger partial charge is 0.484 e. The second kappa shape index (κ2) is 9.82. The molecule has 3 aromatic rings. The van der Waals surface area contributed by atoms with Gasteiger partial charge in [-0.05, 0) is 53.9 Å². The van der Waals surface area contributed by atoms with Crippen LogP contribution in [0.1, 0.15) is 23.8 Å². The first-order chi connectivity index (χ1) is 14.0. The smallest absolute Gasteiger partial charge is 0.261 e. The molecule has 0 unspecified atom stereocenters. The van der Waals surface area contributed by atoms with Crippen LogP contribution in [0.15, 0.2) is 71.3 Å². The molecule has 0 aliphatic carbocycles. The highest BCUT2D eigenvalue weighted by Crippen LogP contribution is 2.17. The Labute approximate surface area is 172 Å². The third-order valence-corrected chi connectivity index (χ3v) is 4.80. The maximum atomic E-state index is 12.9. The van der Waals surface area contributed by atoms with Crippen molar-refractivity contribution in [1.29, 1.82) is 0 Å². The Morgan fingerprint density at radius 2 is 1.62 bits per heavy atom. The summed E-state index contributed by atoms with van der Waals surface area (Å²) >= 11 is 0. The molecule has 1 heterocycles. The summed E-state index contributed by atoms with van der Waals surface area (Å²) < 4.78 is 11.2. The van der Waals surface area contributed by atoms with Gasteiger partial charge in [0.1, 0.15) is 11.5 Å². The SMILES string of the molecule is CCc1ccc(OCC(=O)N(Cc2ccc(N(C)C)cc2)Cc2ccco2)cc1. The normalized spacial score (nSPS) is 10.6. The molecule has 0 bridgehead atoms. The zero-order valence-corrected chi connectivity index (χ0v) is 17.3. The van der Waals surface area contributed by atoms with Gasteiger partial charge in [-0.15, -0.1) is 0 Å². The van der Waals surface area contributed by atoms with E-state index in [1.54, 1.807) is 11.2 Å². The molecule has 5 heteroatoms. The molecule has 0 spiro atoms. The van der Waals surface area contributed by atoms with E-state index >= 15 is 0 Å². The molecule has 0 saturated carbocycles. The van der Waals surface area contributed by atoms with Crippen molar-refractivity contribution in [2.75, 3.05) is 25.6 Å². The predicted octanol–water partition coefficient (Wildman–Crippen LogP) is 4.52. The van der Waals surface area contributed by atoms with Gasteiger partial charge in [-0.25, -0.2) is 0 Å². The van der Waals surface area contributed by atoms with Gasteiger partial charge in [-0.1, -0.05) is 31.2 Å². The number of hydrogen-bond acceptors (Lipinski definition) is 4. The lowest BCUT2D eigenvalue weighted by Crippen LogP contribution is -2.34. The number of ether oxygens (including phenoxy) is 1. The van der Waals surface area contributed by atoms with Crippen LogP contribution in [0.4, 0.5) is 5.69 Å². The Bertz CT molecular complexity index is 885. The third-order valence-electron chi connectivity index (χ3n) is 4.80. The fourth-order valence-electron chi connectivity index (χ4n) is 3.00. The molecule has 0 atom stereocenters. The summed E-state index contributed by atoms with van der Waals surface area (Å²) in [6, 6.07) is 19.7. The Kier molecular flexibility index (Phi) is 6.95. The number of hydrogen-bond donors (Lipinski definition) is 0. The quantitative estimate of drug-likeness (QED) is 0.537. The number of amides is 1. The second-order valence-corrected chi connectivity index (χ2v) is 7.18. The molecule has 0 fully saturated rings. The fourth-order valence-corrected chi connectivity index (χ4v) is 3.00. The number of benzene rings is 2. The molecular formula is C24H28N2O3. The van der Waals surface area contributed by atoms with E-state index in [1.165, 1.54) is 5.56 Å². The molecular weight excluding hydrogens is 364 g/mol. The number of aryl methyl sites for hydroxylation is 1. The Morgan fingerprint density at radius 3 is 2.21 bits per heavy atom. The van der Waals surface area contributed by atoms with Crippen LogP contribution in [-0.4, -0.2) is 31.5 Å². The molecule has 0 aliphatic heterocycles. The van der Waals surface area contributed by atoms with Crippen molar-refractivity contribution in [1.82, 2.24) is 4.90 Å². The van der Waals surface area contributed by atoms with E-state index in [4.69, 9.17) is 9.15 Å². The highest BCUT2D eigenvalue weighted by atomic mass is 16.5. The molecule has 0 saturated heterocycles. The minimum atomic E-state index is -0.0855. The van der Waals surface area contributed by atoms with Crippen LogP contribution in [0.25, 0.3) is 0 Å². The lowest BCUT2D eigenvalue weighted by Gasteiger charge is -2.22. The molecule has 0 radical (unpaired) electrons. The monoisotopic (exact) mass is 392 g/mol. The van der Waals surface area contributed by atoms with Crippen LogP contribution < -0.4 is 9.64 Å². The molecule has 29 heavy (non-hydrogen) atoms. The number of rotatable bonds is 9. The van der Waals surface area contributed by atoms with Gasteiger partial charge >= 0.3 is 0 Å². The van der Waals surface area contributed by atoms with Gasteiger partial charge in [-0.3, -0.25) is 4.79 Å². The van der Waals surface area contributed by atoms with Crippen molar-refractivity contribution in [2.45, 2.75) is 26.4 Å². The van der Waals surface area contributed by atoms with E-state index in [-0.39, 0.29) is 12.5 Å². The zero-order chi connectivity index (χ0) is 20.6. The standard InChI is InChI=1S/C24H28N2O3/c1-4-19-9-13-22(14-10-19)29-18-24(27)26(17-23-6-5-15-28-23)16-20-7-11-21(12-8-20)25(2)3/h5-15H,4,16-18H2,1-3H3. The molecule has 5 nitrogen and oxygen atoms in total. The van der Waals surface area contributed by atoms with Crippen molar-refractivity contribution in [3.05, 3.63) is 83.8 Å². The lowest BCUT2D eigenvalue weighted by atomic mass is 10.2. The van der Waals surface area contributed by atoms with Gasteiger partial charge in [0, 0.05) is 26.3 Å². The molecule has 0 N–H and O–H groups in total. The van der Waals surface area contributed by atoms with Crippen LogP contribution in [0, 0.1) is 0 Å². The third kappa shape index (κ3) is 5.88. The van der Waals surface area contributed by atoms with Gasteiger partial charge in [0.2, 0.25) is 0 Å². The highest BCUT2D eigenvalue weighted by Gasteiger charge is 2.17. The van der Waals surface area contributed by atoms with E-state index < -0.39 is 0 Å². The summed E-state index contributed by atoms with van der Waals surface area (Å²) in [7, 11) is 4.01. The topological polar surface area (TPSA) is 45.9 Å². The minimum absolute atomic E-state index is 0.0119. The molecule has 1 amide bonds. The number of carbonyl (C=O) groups is 1.